The highest BCUT2D eigenvalue weighted by Gasteiger charge is 2.37. The Balaban J connectivity index is 1.76. The van der Waals surface area contributed by atoms with Crippen molar-refractivity contribution in [3.63, 3.8) is 0 Å². The first-order valence-electron chi connectivity index (χ1n) is 8.00. The molecule has 0 aliphatic carbocycles. The summed E-state index contributed by atoms with van der Waals surface area (Å²) in [7, 11) is 0. The maximum Gasteiger partial charge on any atom is 0.416 e. The largest absolute Gasteiger partial charge is 0.472 e. The molecule has 1 aromatic carbocycles. The Bertz CT molecular complexity index is 727. The minimum absolute atomic E-state index is 0.130. The van der Waals surface area contributed by atoms with Crippen LogP contribution in [0.25, 0.3) is 0 Å². The highest BCUT2D eigenvalue weighted by atomic mass is 19.4. The predicted octanol–water partition coefficient (Wildman–Crippen LogP) is 3.57. The third-order valence-corrected chi connectivity index (χ3v) is 4.41. The minimum atomic E-state index is -4.44. The number of carbonyl (C=O) groups is 1. The smallest absolute Gasteiger partial charge is 0.416 e. The van der Waals surface area contributed by atoms with Crippen molar-refractivity contribution in [2.75, 3.05) is 6.54 Å². The second-order valence-electron chi connectivity index (χ2n) is 6.21. The van der Waals surface area contributed by atoms with Gasteiger partial charge in [-0.1, -0.05) is 12.1 Å². The maximum atomic E-state index is 12.9. The molecule has 0 spiro atoms. The molecule has 4 nitrogen and oxygen atoms in total. The zero-order chi connectivity index (χ0) is 18.0. The van der Waals surface area contributed by atoms with Gasteiger partial charge in [0.25, 0.3) is 0 Å². The Morgan fingerprint density at radius 2 is 2.12 bits per heavy atom. The second-order valence-corrected chi connectivity index (χ2v) is 6.21. The van der Waals surface area contributed by atoms with Gasteiger partial charge >= 0.3 is 6.18 Å². The van der Waals surface area contributed by atoms with E-state index in [1.165, 1.54) is 17.2 Å². The van der Waals surface area contributed by atoms with Crippen molar-refractivity contribution in [3.8, 4) is 0 Å². The van der Waals surface area contributed by atoms with Crippen LogP contribution >= 0.6 is 0 Å². The first-order valence-corrected chi connectivity index (χ1v) is 8.00. The Kier molecular flexibility index (Phi) is 4.85. The third-order valence-electron chi connectivity index (χ3n) is 4.41. The van der Waals surface area contributed by atoms with Crippen LogP contribution in [0.1, 0.15) is 35.6 Å². The van der Waals surface area contributed by atoms with E-state index in [0.717, 1.165) is 17.7 Å². The van der Waals surface area contributed by atoms with E-state index in [2.05, 4.69) is 0 Å². The van der Waals surface area contributed by atoms with Crippen molar-refractivity contribution in [2.45, 2.75) is 37.6 Å². The van der Waals surface area contributed by atoms with Crippen molar-refractivity contribution in [1.82, 2.24) is 4.90 Å². The third kappa shape index (κ3) is 4.04. The van der Waals surface area contributed by atoms with E-state index in [9.17, 15) is 23.1 Å². The van der Waals surface area contributed by atoms with Gasteiger partial charge in [-0.2, -0.15) is 13.2 Å². The molecule has 1 aromatic heterocycles. The van der Waals surface area contributed by atoms with E-state index in [4.69, 9.17) is 4.42 Å². The molecule has 7 heteroatoms. The molecular weight excluding hydrogens is 335 g/mol. The molecule has 1 saturated heterocycles. The lowest BCUT2D eigenvalue weighted by atomic mass is 10.0. The molecule has 1 aliphatic heterocycles. The molecule has 0 saturated carbocycles. The number of furan rings is 1. The molecule has 0 bridgehead atoms. The number of alkyl halides is 3. The first-order chi connectivity index (χ1) is 11.8. The van der Waals surface area contributed by atoms with E-state index in [0.29, 0.717) is 12.0 Å². The number of aliphatic hydroxyl groups is 1. The van der Waals surface area contributed by atoms with Crippen LogP contribution in [0.15, 0.2) is 47.3 Å². The molecule has 2 atom stereocenters. The number of hydrogen-bond donors (Lipinski definition) is 1. The number of nitrogens with zero attached hydrogens (tertiary/aromatic N) is 1. The quantitative estimate of drug-likeness (QED) is 0.914. The van der Waals surface area contributed by atoms with Crippen LogP contribution in [-0.4, -0.2) is 28.6 Å². The van der Waals surface area contributed by atoms with E-state index >= 15 is 0 Å². The highest BCUT2D eigenvalue weighted by molar-refractivity contribution is 5.77. The van der Waals surface area contributed by atoms with Crippen LogP contribution in [-0.2, 0) is 17.4 Å². The molecule has 1 aliphatic rings. The van der Waals surface area contributed by atoms with Crippen molar-refractivity contribution >= 4 is 5.91 Å². The van der Waals surface area contributed by atoms with Crippen LogP contribution < -0.4 is 0 Å². The fraction of sp³-hybridized carbons (Fsp3) is 0.389. The number of benzene rings is 1. The average molecular weight is 353 g/mol. The number of aryl methyl sites for hydroxylation is 1. The number of carbonyl (C=O) groups excluding carboxylic acids is 1. The van der Waals surface area contributed by atoms with Gasteiger partial charge in [-0.3, -0.25) is 4.79 Å². The predicted molar refractivity (Wildman–Crippen MR) is 83.6 cm³/mol. The maximum absolute atomic E-state index is 12.9. The molecular formula is C18H18F3NO3. The van der Waals surface area contributed by atoms with Crippen molar-refractivity contribution in [2.24, 2.45) is 0 Å². The van der Waals surface area contributed by atoms with Crippen LogP contribution in [0.3, 0.4) is 0 Å². The Hall–Kier alpha value is -2.28. The number of hydrogen-bond acceptors (Lipinski definition) is 3. The van der Waals surface area contributed by atoms with Crippen molar-refractivity contribution in [1.29, 1.82) is 0 Å². The standard InChI is InChI=1S/C18H18F3NO3/c19-18(20,21)14-3-1-2-13(8-14)16-9-15(23)10-22(16)17(24)5-4-12-6-7-25-11-12/h1-3,6-8,11,15-16,23H,4-5,9-10H2. The van der Waals surface area contributed by atoms with Gasteiger partial charge in [0.1, 0.15) is 0 Å². The molecule has 1 fully saturated rings. The normalized spacial score (nSPS) is 20.9. The fourth-order valence-electron chi connectivity index (χ4n) is 3.16. The summed E-state index contributed by atoms with van der Waals surface area (Å²) in [5.74, 6) is -0.194. The van der Waals surface area contributed by atoms with Gasteiger partial charge in [0.15, 0.2) is 0 Å². The number of aliphatic hydroxyl groups excluding tert-OH is 1. The Labute approximate surface area is 142 Å². The Morgan fingerprint density at radius 1 is 1.32 bits per heavy atom. The lowest BCUT2D eigenvalue weighted by molar-refractivity contribution is -0.137. The van der Waals surface area contributed by atoms with Crippen LogP contribution in [0.4, 0.5) is 13.2 Å². The SMILES string of the molecule is O=C(CCc1ccoc1)N1CC(O)CC1c1cccc(C(F)(F)F)c1. The number of rotatable bonds is 4. The van der Waals surface area contributed by atoms with E-state index < -0.39 is 23.9 Å². The average Bonchev–Trinajstić information content (AvgIpc) is 3.21. The molecule has 134 valence electrons. The van der Waals surface area contributed by atoms with Gasteiger partial charge in [0.2, 0.25) is 5.91 Å². The van der Waals surface area contributed by atoms with Gasteiger partial charge in [0.05, 0.1) is 30.2 Å². The summed E-state index contributed by atoms with van der Waals surface area (Å²) < 4.78 is 43.7. The van der Waals surface area contributed by atoms with Crippen LogP contribution in [0, 0.1) is 0 Å². The van der Waals surface area contributed by atoms with Gasteiger partial charge in [-0.15, -0.1) is 0 Å². The minimum Gasteiger partial charge on any atom is -0.472 e. The number of halogens is 3. The molecule has 25 heavy (non-hydrogen) atoms. The molecule has 3 rings (SSSR count). The molecule has 2 aromatic rings. The molecule has 0 radical (unpaired) electrons. The number of amides is 1. The summed E-state index contributed by atoms with van der Waals surface area (Å²) in [6.07, 6.45) is -1.18. The lowest BCUT2D eigenvalue weighted by Crippen LogP contribution is -2.32. The summed E-state index contributed by atoms with van der Waals surface area (Å²) in [5.41, 5.74) is 0.518. The monoisotopic (exact) mass is 353 g/mol. The summed E-state index contributed by atoms with van der Waals surface area (Å²) in [4.78, 5) is 14.0. The topological polar surface area (TPSA) is 53.7 Å². The zero-order valence-electron chi connectivity index (χ0n) is 13.4. The summed E-state index contributed by atoms with van der Waals surface area (Å²) in [5, 5.41) is 9.93. The second kappa shape index (κ2) is 6.92. The summed E-state index contributed by atoms with van der Waals surface area (Å²) in [6.45, 7) is 0.130. The molecule has 2 heterocycles. The van der Waals surface area contributed by atoms with E-state index in [1.807, 2.05) is 0 Å². The van der Waals surface area contributed by atoms with Gasteiger partial charge < -0.3 is 14.4 Å². The zero-order valence-corrected chi connectivity index (χ0v) is 13.4. The molecule has 1 amide bonds. The van der Waals surface area contributed by atoms with Crippen molar-refractivity contribution < 1.29 is 27.5 Å². The van der Waals surface area contributed by atoms with E-state index in [1.54, 1.807) is 18.4 Å². The van der Waals surface area contributed by atoms with Crippen LogP contribution in [0.5, 0.6) is 0 Å². The molecule has 1 N–H and O–H groups in total. The lowest BCUT2D eigenvalue weighted by Gasteiger charge is -2.25. The molecule has 2 unspecified atom stereocenters. The summed E-state index contributed by atoms with van der Waals surface area (Å²) >= 11 is 0. The fourth-order valence-corrected chi connectivity index (χ4v) is 3.16. The number of β-amino-alcohol motifs (C(OH)–C–C–N with tert-alkyl or cyclic N) is 1. The Morgan fingerprint density at radius 3 is 2.80 bits per heavy atom. The van der Waals surface area contributed by atoms with Gasteiger partial charge in [-0.05, 0) is 42.2 Å². The van der Waals surface area contributed by atoms with Crippen molar-refractivity contribution in [3.05, 3.63) is 59.5 Å². The summed E-state index contributed by atoms with van der Waals surface area (Å²) in [6, 6.07) is 6.16. The highest BCUT2D eigenvalue weighted by Crippen LogP contribution is 2.36. The van der Waals surface area contributed by atoms with Crippen LogP contribution in [0.2, 0.25) is 0 Å². The van der Waals surface area contributed by atoms with E-state index in [-0.39, 0.29) is 25.3 Å². The first kappa shape index (κ1) is 17.5. The number of likely N-dealkylation sites (tertiary alicyclic amines) is 1. The van der Waals surface area contributed by atoms with Gasteiger partial charge in [-0.25, -0.2) is 0 Å². The van der Waals surface area contributed by atoms with Gasteiger partial charge in [0, 0.05) is 13.0 Å².